The minimum absolute atomic E-state index is 0.164. The van der Waals surface area contributed by atoms with Crippen molar-refractivity contribution in [2.45, 2.75) is 41.4 Å². The highest BCUT2D eigenvalue weighted by Gasteiger charge is 2.42. The fraction of sp³-hybridized carbons (Fsp3) is 0.500. The van der Waals surface area contributed by atoms with Crippen LogP contribution in [0.25, 0.3) is 0 Å². The molecule has 2 aliphatic carbocycles. The van der Waals surface area contributed by atoms with Crippen molar-refractivity contribution in [3.05, 3.63) is 29.8 Å². The highest BCUT2D eigenvalue weighted by Crippen LogP contribution is 2.45. The molecule has 0 heterocycles. The summed E-state index contributed by atoms with van der Waals surface area (Å²) in [5.41, 5.74) is 0.157. The van der Waals surface area contributed by atoms with Crippen LogP contribution in [0, 0.1) is 0 Å². The van der Waals surface area contributed by atoms with Crippen LogP contribution in [-0.4, -0.2) is 18.8 Å². The number of hydrogen-bond donors (Lipinski definition) is 1. The Kier molecular flexibility index (Phi) is 1.98. The van der Waals surface area contributed by atoms with E-state index in [0.717, 1.165) is 31.2 Å². The zero-order chi connectivity index (χ0) is 11.4. The van der Waals surface area contributed by atoms with Crippen LogP contribution in [0.3, 0.4) is 0 Å². The SMILES string of the molecule is O=S(=O)(c1ccc(C2(O)CC2)cc1)C1CC1. The molecule has 3 nitrogen and oxygen atoms in total. The third-order valence-electron chi connectivity index (χ3n) is 3.41. The van der Waals surface area contributed by atoms with Crippen molar-refractivity contribution in [2.75, 3.05) is 0 Å². The van der Waals surface area contributed by atoms with Crippen LogP contribution in [-0.2, 0) is 15.4 Å². The fourth-order valence-electron chi connectivity index (χ4n) is 1.93. The number of sulfone groups is 1. The molecule has 1 N–H and O–H groups in total. The molecule has 86 valence electrons. The van der Waals surface area contributed by atoms with Crippen molar-refractivity contribution in [2.24, 2.45) is 0 Å². The topological polar surface area (TPSA) is 54.4 Å². The smallest absolute Gasteiger partial charge is 0.181 e. The maximum Gasteiger partial charge on any atom is 0.181 e. The average molecular weight is 238 g/mol. The van der Waals surface area contributed by atoms with E-state index < -0.39 is 15.4 Å². The first-order chi connectivity index (χ1) is 7.52. The molecule has 0 saturated heterocycles. The van der Waals surface area contributed by atoms with Crippen LogP contribution in [0.5, 0.6) is 0 Å². The summed E-state index contributed by atoms with van der Waals surface area (Å²) in [7, 11) is -3.09. The van der Waals surface area contributed by atoms with E-state index in [1.165, 1.54) is 0 Å². The molecule has 1 aromatic carbocycles. The second-order valence-corrected chi connectivity index (χ2v) is 7.03. The Morgan fingerprint density at radius 1 is 1.12 bits per heavy atom. The number of hydrogen-bond acceptors (Lipinski definition) is 3. The molecule has 0 bridgehead atoms. The molecule has 2 fully saturated rings. The summed E-state index contributed by atoms with van der Waals surface area (Å²) >= 11 is 0. The summed E-state index contributed by atoms with van der Waals surface area (Å²) in [6.07, 6.45) is 3.13. The predicted octanol–water partition coefficient (Wildman–Crippen LogP) is 1.60. The monoisotopic (exact) mass is 238 g/mol. The van der Waals surface area contributed by atoms with Crippen molar-refractivity contribution in [3.8, 4) is 0 Å². The van der Waals surface area contributed by atoms with Crippen molar-refractivity contribution in [1.82, 2.24) is 0 Å². The van der Waals surface area contributed by atoms with E-state index >= 15 is 0 Å². The highest BCUT2D eigenvalue weighted by atomic mass is 32.2. The zero-order valence-corrected chi connectivity index (χ0v) is 9.70. The maximum absolute atomic E-state index is 11.9. The van der Waals surface area contributed by atoms with Crippen molar-refractivity contribution in [3.63, 3.8) is 0 Å². The van der Waals surface area contributed by atoms with E-state index in [1.807, 2.05) is 0 Å². The first-order valence-electron chi connectivity index (χ1n) is 5.59. The van der Waals surface area contributed by atoms with Gasteiger partial charge in [0.15, 0.2) is 9.84 Å². The minimum Gasteiger partial charge on any atom is -0.385 e. The summed E-state index contributed by atoms with van der Waals surface area (Å²) in [5.74, 6) is 0. The first-order valence-corrected chi connectivity index (χ1v) is 7.14. The molecule has 0 spiro atoms. The number of aliphatic hydroxyl groups is 1. The Balaban J connectivity index is 1.93. The van der Waals surface area contributed by atoms with Gasteiger partial charge < -0.3 is 5.11 Å². The van der Waals surface area contributed by atoms with E-state index in [-0.39, 0.29) is 5.25 Å². The van der Waals surface area contributed by atoms with Crippen LogP contribution < -0.4 is 0 Å². The predicted molar refractivity (Wildman–Crippen MR) is 59.8 cm³/mol. The van der Waals surface area contributed by atoms with Gasteiger partial charge >= 0.3 is 0 Å². The molecule has 0 aliphatic heterocycles. The quantitative estimate of drug-likeness (QED) is 0.870. The van der Waals surface area contributed by atoms with E-state index in [1.54, 1.807) is 24.3 Å². The number of rotatable bonds is 3. The lowest BCUT2D eigenvalue weighted by Gasteiger charge is -2.09. The highest BCUT2D eigenvalue weighted by molar-refractivity contribution is 7.92. The van der Waals surface area contributed by atoms with Gasteiger partial charge in [0.25, 0.3) is 0 Å². The van der Waals surface area contributed by atoms with Crippen LogP contribution >= 0.6 is 0 Å². The molecule has 16 heavy (non-hydrogen) atoms. The molecule has 0 unspecified atom stereocenters. The van der Waals surface area contributed by atoms with Gasteiger partial charge in [0.05, 0.1) is 15.7 Å². The van der Waals surface area contributed by atoms with Gasteiger partial charge in [-0.3, -0.25) is 0 Å². The van der Waals surface area contributed by atoms with Crippen molar-refractivity contribution < 1.29 is 13.5 Å². The summed E-state index contributed by atoms with van der Waals surface area (Å²) in [6.45, 7) is 0. The lowest BCUT2D eigenvalue weighted by atomic mass is 10.1. The van der Waals surface area contributed by atoms with Crippen molar-refractivity contribution in [1.29, 1.82) is 0 Å². The summed E-state index contributed by atoms with van der Waals surface area (Å²) in [4.78, 5) is 0.392. The molecule has 0 radical (unpaired) electrons. The molecular weight excluding hydrogens is 224 g/mol. The molecule has 0 amide bonds. The Morgan fingerprint density at radius 2 is 1.69 bits per heavy atom. The summed E-state index contributed by atoms with van der Waals surface area (Å²) in [6, 6.07) is 6.73. The van der Waals surface area contributed by atoms with Gasteiger partial charge in [-0.1, -0.05) is 12.1 Å². The molecule has 3 rings (SSSR count). The molecule has 2 aliphatic rings. The van der Waals surface area contributed by atoms with Gasteiger partial charge in [-0.2, -0.15) is 0 Å². The zero-order valence-electron chi connectivity index (χ0n) is 8.89. The number of benzene rings is 1. The second kappa shape index (κ2) is 3.08. The summed E-state index contributed by atoms with van der Waals surface area (Å²) in [5, 5.41) is 9.70. The van der Waals surface area contributed by atoms with Gasteiger partial charge in [0, 0.05) is 0 Å². The van der Waals surface area contributed by atoms with Crippen LogP contribution in [0.15, 0.2) is 29.2 Å². The van der Waals surface area contributed by atoms with Crippen LogP contribution in [0.4, 0.5) is 0 Å². The van der Waals surface area contributed by atoms with Gasteiger partial charge in [0.2, 0.25) is 0 Å². The van der Waals surface area contributed by atoms with Crippen molar-refractivity contribution >= 4 is 9.84 Å². The third-order valence-corrected chi connectivity index (χ3v) is 5.69. The molecule has 0 aromatic heterocycles. The maximum atomic E-state index is 11.9. The molecule has 4 heteroatoms. The molecule has 1 aromatic rings. The molecule has 2 saturated carbocycles. The van der Waals surface area contributed by atoms with E-state index in [0.29, 0.717) is 4.90 Å². The second-order valence-electron chi connectivity index (χ2n) is 4.80. The lowest BCUT2D eigenvalue weighted by Crippen LogP contribution is -2.08. The van der Waals surface area contributed by atoms with Crippen LogP contribution in [0.2, 0.25) is 0 Å². The first kappa shape index (κ1) is 10.3. The third kappa shape index (κ3) is 1.57. The fourth-order valence-corrected chi connectivity index (χ4v) is 3.59. The van der Waals surface area contributed by atoms with Crippen LogP contribution in [0.1, 0.15) is 31.2 Å². The van der Waals surface area contributed by atoms with E-state index in [9.17, 15) is 13.5 Å². The van der Waals surface area contributed by atoms with Gasteiger partial charge in [-0.05, 0) is 43.4 Å². The summed E-state index contributed by atoms with van der Waals surface area (Å²) < 4.78 is 23.8. The Labute approximate surface area is 95.0 Å². The van der Waals surface area contributed by atoms with E-state index in [2.05, 4.69) is 0 Å². The Hall–Kier alpha value is -0.870. The van der Waals surface area contributed by atoms with E-state index in [4.69, 9.17) is 0 Å². The lowest BCUT2D eigenvalue weighted by molar-refractivity contribution is 0.151. The largest absolute Gasteiger partial charge is 0.385 e. The van der Waals surface area contributed by atoms with Gasteiger partial charge in [0.1, 0.15) is 0 Å². The minimum atomic E-state index is -3.09. The average Bonchev–Trinajstić information content (AvgIpc) is 3.12. The van der Waals surface area contributed by atoms with Gasteiger partial charge in [-0.25, -0.2) is 8.42 Å². The Morgan fingerprint density at radius 3 is 2.12 bits per heavy atom. The normalized spacial score (nSPS) is 23.1. The van der Waals surface area contributed by atoms with Gasteiger partial charge in [-0.15, -0.1) is 0 Å². The standard InChI is InChI=1S/C12H14O3S/c13-12(7-8-12)9-1-3-10(4-2-9)16(14,15)11-5-6-11/h1-4,11,13H,5-8H2. The molecule has 0 atom stereocenters. The molecular formula is C12H14O3S. The Bertz CT molecular complexity index is 508.